The summed E-state index contributed by atoms with van der Waals surface area (Å²) in [5.41, 5.74) is -0.267. The van der Waals surface area contributed by atoms with Crippen LogP contribution in [-0.4, -0.2) is 38.5 Å². The minimum atomic E-state index is -4.44. The fourth-order valence-corrected chi connectivity index (χ4v) is 5.19. The molecule has 13 heteroatoms. The zero-order valence-corrected chi connectivity index (χ0v) is 22.1. The monoisotopic (exact) mass is 550 g/mol. The number of nitrogens with zero attached hydrogens (tertiary/aromatic N) is 6. The molecule has 0 atom stereocenters. The number of aryl methyl sites for hydroxylation is 1. The fraction of sp³-hybridized carbons (Fsp3) is 0.375. The molecule has 4 rings (SSSR count). The van der Waals surface area contributed by atoms with Crippen LogP contribution in [-0.2, 0) is 25.8 Å². The number of thiocarbonyl (C=S) groups is 1. The van der Waals surface area contributed by atoms with Crippen LogP contribution in [0.3, 0.4) is 0 Å². The van der Waals surface area contributed by atoms with Crippen molar-refractivity contribution in [3.05, 3.63) is 68.6 Å². The quantitative estimate of drug-likeness (QED) is 0.313. The minimum absolute atomic E-state index is 0.0985. The Morgan fingerprint density at radius 3 is 2.54 bits per heavy atom. The molecule has 0 saturated heterocycles. The van der Waals surface area contributed by atoms with Crippen molar-refractivity contribution in [1.29, 1.82) is 0 Å². The number of imidazole rings is 1. The van der Waals surface area contributed by atoms with Gasteiger partial charge in [-0.1, -0.05) is 50.0 Å². The Morgan fingerprint density at radius 1 is 1.14 bits per heavy atom. The molecular weight excluding hydrogens is 525 g/mol. The van der Waals surface area contributed by atoms with Crippen molar-refractivity contribution in [2.75, 3.05) is 5.75 Å². The second-order valence-electron chi connectivity index (χ2n) is 8.25. The minimum Gasteiger partial charge on any atom is -0.276 e. The van der Waals surface area contributed by atoms with Crippen LogP contribution in [0.5, 0.6) is 0 Å². The molecule has 0 fully saturated rings. The van der Waals surface area contributed by atoms with Crippen molar-refractivity contribution in [1.82, 2.24) is 28.5 Å². The molecule has 3 aromatic heterocycles. The number of rotatable bonds is 7. The van der Waals surface area contributed by atoms with Gasteiger partial charge in [0.2, 0.25) is 0 Å². The molecule has 0 saturated carbocycles. The smallest absolute Gasteiger partial charge is 0.276 e. The summed E-state index contributed by atoms with van der Waals surface area (Å²) in [5.74, 6) is 0.993. The third-order valence-corrected chi connectivity index (χ3v) is 6.98. The SMILES string of the molecule is CCCn1c(=O)c2c(nc(-c3cnn(Cc4cccc(C(F)(F)F)c4)c3)n2C(=S)SCC)n(CC)c1=O. The van der Waals surface area contributed by atoms with Gasteiger partial charge in [-0.25, -0.2) is 9.78 Å². The van der Waals surface area contributed by atoms with Crippen molar-refractivity contribution < 1.29 is 13.2 Å². The number of benzene rings is 1. The average Bonchev–Trinajstić information content (AvgIpc) is 3.47. The van der Waals surface area contributed by atoms with Gasteiger partial charge in [0.25, 0.3) is 5.56 Å². The van der Waals surface area contributed by atoms with Gasteiger partial charge in [-0.3, -0.25) is 23.2 Å². The molecule has 0 aliphatic rings. The Labute approximate surface area is 219 Å². The normalized spacial score (nSPS) is 11.9. The Hall–Kier alpha value is -3.19. The summed E-state index contributed by atoms with van der Waals surface area (Å²) in [5, 5.41) is 4.31. The van der Waals surface area contributed by atoms with E-state index < -0.39 is 23.0 Å². The van der Waals surface area contributed by atoms with Crippen LogP contribution < -0.4 is 11.2 Å². The lowest BCUT2D eigenvalue weighted by Gasteiger charge is -2.11. The molecule has 3 heterocycles. The average molecular weight is 551 g/mol. The van der Waals surface area contributed by atoms with Gasteiger partial charge in [0, 0.05) is 19.3 Å². The first-order chi connectivity index (χ1) is 17.6. The lowest BCUT2D eigenvalue weighted by Crippen LogP contribution is -2.40. The highest BCUT2D eigenvalue weighted by Crippen LogP contribution is 2.30. The van der Waals surface area contributed by atoms with E-state index >= 15 is 0 Å². The van der Waals surface area contributed by atoms with E-state index in [4.69, 9.17) is 12.2 Å². The number of aromatic nitrogens is 6. The molecule has 0 N–H and O–H groups in total. The first-order valence-corrected chi connectivity index (χ1v) is 13.1. The number of halogens is 3. The van der Waals surface area contributed by atoms with E-state index in [-0.39, 0.29) is 24.3 Å². The molecule has 4 aromatic rings. The predicted octanol–water partition coefficient (Wildman–Crippen LogP) is 4.61. The number of hydrogen-bond acceptors (Lipinski definition) is 6. The fourth-order valence-electron chi connectivity index (χ4n) is 4.10. The summed E-state index contributed by atoms with van der Waals surface area (Å²) >= 11 is 7.00. The topological polar surface area (TPSA) is 79.6 Å². The standard InChI is InChI=1S/C24H25F3N6O2S2/c1-4-10-32-21(34)18-20(31(5-2)22(32)35)29-19(33(18)23(36)37-6-3)16-12-28-30(14-16)13-15-8-7-9-17(11-15)24(25,26)27/h7-9,11-12,14H,4-6,10,13H2,1-3H3. The molecule has 0 spiro atoms. The van der Waals surface area contributed by atoms with Crippen molar-refractivity contribution >= 4 is 39.5 Å². The molecule has 37 heavy (non-hydrogen) atoms. The third-order valence-electron chi connectivity index (χ3n) is 5.73. The Morgan fingerprint density at radius 2 is 1.89 bits per heavy atom. The van der Waals surface area contributed by atoms with Crippen LogP contribution in [0.1, 0.15) is 38.3 Å². The van der Waals surface area contributed by atoms with E-state index in [2.05, 4.69) is 10.1 Å². The Balaban J connectivity index is 1.87. The van der Waals surface area contributed by atoms with Crippen LogP contribution in [0, 0.1) is 0 Å². The zero-order chi connectivity index (χ0) is 26.9. The van der Waals surface area contributed by atoms with Gasteiger partial charge in [-0.15, -0.1) is 0 Å². The van der Waals surface area contributed by atoms with E-state index in [1.807, 2.05) is 13.8 Å². The number of hydrogen-bond donors (Lipinski definition) is 0. The molecule has 1 aromatic carbocycles. The maximum absolute atomic E-state index is 13.4. The maximum Gasteiger partial charge on any atom is 0.416 e. The molecular formula is C24H25F3N6O2S2. The molecule has 0 unspecified atom stereocenters. The number of alkyl halides is 3. The molecule has 0 bridgehead atoms. The van der Waals surface area contributed by atoms with Crippen LogP contribution in [0.25, 0.3) is 22.6 Å². The Bertz CT molecular complexity index is 1580. The van der Waals surface area contributed by atoms with Gasteiger partial charge in [0.1, 0.15) is 4.32 Å². The summed E-state index contributed by atoms with van der Waals surface area (Å²) in [6, 6.07) is 5.05. The van der Waals surface area contributed by atoms with Crippen LogP contribution >= 0.6 is 24.0 Å². The molecule has 0 aliphatic carbocycles. The lowest BCUT2D eigenvalue weighted by molar-refractivity contribution is -0.137. The summed E-state index contributed by atoms with van der Waals surface area (Å²) in [6.07, 6.45) is -0.690. The number of fused-ring (bicyclic) bond motifs is 1. The van der Waals surface area contributed by atoms with E-state index in [1.165, 1.54) is 37.8 Å². The summed E-state index contributed by atoms with van der Waals surface area (Å²) in [6.45, 7) is 6.27. The van der Waals surface area contributed by atoms with Crippen molar-refractivity contribution in [3.63, 3.8) is 0 Å². The molecule has 196 valence electrons. The molecule has 0 radical (unpaired) electrons. The van der Waals surface area contributed by atoms with Crippen molar-refractivity contribution in [2.45, 2.75) is 53.0 Å². The zero-order valence-electron chi connectivity index (χ0n) is 20.4. The van der Waals surface area contributed by atoms with E-state index in [0.29, 0.717) is 40.0 Å². The van der Waals surface area contributed by atoms with Crippen molar-refractivity contribution in [3.8, 4) is 11.4 Å². The van der Waals surface area contributed by atoms with E-state index in [9.17, 15) is 22.8 Å². The van der Waals surface area contributed by atoms with Gasteiger partial charge in [0.15, 0.2) is 17.0 Å². The van der Waals surface area contributed by atoms with E-state index in [1.54, 1.807) is 23.8 Å². The highest BCUT2D eigenvalue weighted by atomic mass is 32.2. The maximum atomic E-state index is 13.4. The summed E-state index contributed by atoms with van der Waals surface area (Å²) in [7, 11) is 0. The lowest BCUT2D eigenvalue weighted by atomic mass is 10.1. The van der Waals surface area contributed by atoms with Crippen LogP contribution in [0.2, 0.25) is 0 Å². The first-order valence-electron chi connectivity index (χ1n) is 11.7. The highest BCUT2D eigenvalue weighted by Gasteiger charge is 2.30. The molecule has 8 nitrogen and oxygen atoms in total. The second-order valence-corrected chi connectivity index (χ2v) is 10.1. The summed E-state index contributed by atoms with van der Waals surface area (Å²) < 4.78 is 45.5. The Kier molecular flexibility index (Phi) is 7.74. The molecule has 0 aliphatic heterocycles. The van der Waals surface area contributed by atoms with Crippen molar-refractivity contribution in [2.24, 2.45) is 0 Å². The largest absolute Gasteiger partial charge is 0.416 e. The van der Waals surface area contributed by atoms with Gasteiger partial charge in [-0.2, -0.15) is 18.3 Å². The van der Waals surface area contributed by atoms with Crippen LogP contribution in [0.15, 0.2) is 46.2 Å². The predicted molar refractivity (Wildman–Crippen MR) is 142 cm³/mol. The van der Waals surface area contributed by atoms with Gasteiger partial charge < -0.3 is 0 Å². The first kappa shape index (κ1) is 26.9. The summed E-state index contributed by atoms with van der Waals surface area (Å²) in [4.78, 5) is 31.1. The van der Waals surface area contributed by atoms with Gasteiger partial charge >= 0.3 is 11.9 Å². The molecule has 0 amide bonds. The van der Waals surface area contributed by atoms with Crippen LogP contribution in [0.4, 0.5) is 13.2 Å². The third kappa shape index (κ3) is 5.14. The van der Waals surface area contributed by atoms with Gasteiger partial charge in [0.05, 0.1) is 23.9 Å². The second kappa shape index (κ2) is 10.7. The highest BCUT2D eigenvalue weighted by molar-refractivity contribution is 8.23. The van der Waals surface area contributed by atoms with Gasteiger partial charge in [-0.05, 0) is 36.8 Å². The van der Waals surface area contributed by atoms with E-state index in [0.717, 1.165) is 12.1 Å². The number of thioether (sulfide) groups is 1.